The molecule has 19 heavy (non-hydrogen) atoms. The van der Waals surface area contributed by atoms with E-state index in [4.69, 9.17) is 16.3 Å². The van der Waals surface area contributed by atoms with Gasteiger partial charge in [0.25, 0.3) is 0 Å². The smallest absolute Gasteiger partial charge is 0.128 e. The molecule has 0 N–H and O–H groups in total. The predicted octanol–water partition coefficient (Wildman–Crippen LogP) is 5.50. The minimum Gasteiger partial charge on any atom is -0.457 e. The van der Waals surface area contributed by atoms with Crippen LogP contribution in [0, 0.1) is 0 Å². The monoisotopic (exact) mass is 290 g/mol. The second kappa shape index (κ2) is 7.27. The molecule has 0 atom stereocenters. The molecule has 0 saturated heterocycles. The molecule has 0 spiro atoms. The maximum atomic E-state index is 5.82. The number of benzene rings is 2. The van der Waals surface area contributed by atoms with Gasteiger partial charge in [0.05, 0.1) is 0 Å². The van der Waals surface area contributed by atoms with Crippen molar-refractivity contribution >= 4 is 23.4 Å². The summed E-state index contributed by atoms with van der Waals surface area (Å²) in [6.45, 7) is 3.72. The Kier molecular flexibility index (Phi) is 5.37. The molecule has 0 radical (unpaired) electrons. The van der Waals surface area contributed by atoms with E-state index in [0.717, 1.165) is 22.8 Å². The second-order valence-electron chi connectivity index (χ2n) is 3.95. The van der Waals surface area contributed by atoms with E-state index in [0.29, 0.717) is 5.88 Å². The molecule has 0 fully saturated rings. The number of hydrogen-bond donors (Lipinski definition) is 0. The molecule has 0 aromatic heterocycles. The summed E-state index contributed by atoms with van der Waals surface area (Å²) in [5.74, 6) is 3.08. The fourth-order valence-electron chi connectivity index (χ4n) is 1.57. The molecule has 0 aliphatic carbocycles. The fraction of sp³-hybridized carbons (Fsp3) is 0.125. The molecule has 3 heteroatoms. The highest BCUT2D eigenvalue weighted by Gasteiger charge is 2.00. The van der Waals surface area contributed by atoms with Crippen LogP contribution in [0.25, 0.3) is 0 Å². The normalized spacial score (nSPS) is 10.2. The Balaban J connectivity index is 2.06. The summed E-state index contributed by atoms with van der Waals surface area (Å²) in [6, 6.07) is 15.8. The minimum atomic E-state index is 0.522. The van der Waals surface area contributed by atoms with Crippen molar-refractivity contribution < 1.29 is 4.74 Å². The number of hydrogen-bond acceptors (Lipinski definition) is 2. The van der Waals surface area contributed by atoms with Crippen LogP contribution in [-0.4, -0.2) is 5.75 Å². The molecule has 2 aromatic rings. The lowest BCUT2D eigenvalue weighted by molar-refractivity contribution is 0.481. The number of rotatable bonds is 6. The van der Waals surface area contributed by atoms with E-state index in [1.54, 1.807) is 11.8 Å². The zero-order valence-corrected chi connectivity index (χ0v) is 12.1. The summed E-state index contributed by atoms with van der Waals surface area (Å²) < 4.78 is 5.82. The standard InChI is InChI=1S/C16H15ClOS/c1-2-10-19-16-5-3-4-15(11-16)18-14-8-6-13(12-17)7-9-14/h2-9,11H,1,10,12H2. The molecular weight excluding hydrogens is 276 g/mol. The molecule has 0 amide bonds. The van der Waals surface area contributed by atoms with Crippen LogP contribution in [0.15, 0.2) is 66.1 Å². The first kappa shape index (κ1) is 14.0. The van der Waals surface area contributed by atoms with Gasteiger partial charge in [0, 0.05) is 16.5 Å². The number of thioether (sulfide) groups is 1. The van der Waals surface area contributed by atoms with Gasteiger partial charge in [-0.2, -0.15) is 0 Å². The van der Waals surface area contributed by atoms with Gasteiger partial charge in [-0.1, -0.05) is 24.3 Å². The van der Waals surface area contributed by atoms with E-state index < -0.39 is 0 Å². The minimum absolute atomic E-state index is 0.522. The average Bonchev–Trinajstić information content (AvgIpc) is 2.46. The summed E-state index contributed by atoms with van der Waals surface area (Å²) in [4.78, 5) is 1.18. The largest absolute Gasteiger partial charge is 0.457 e. The third kappa shape index (κ3) is 4.34. The van der Waals surface area contributed by atoms with Crippen LogP contribution in [0.3, 0.4) is 0 Å². The molecule has 0 saturated carbocycles. The topological polar surface area (TPSA) is 9.23 Å². The van der Waals surface area contributed by atoms with Gasteiger partial charge in [-0.25, -0.2) is 0 Å². The highest BCUT2D eigenvalue weighted by molar-refractivity contribution is 7.99. The van der Waals surface area contributed by atoms with Crippen LogP contribution >= 0.6 is 23.4 Å². The van der Waals surface area contributed by atoms with Crippen LogP contribution in [0.5, 0.6) is 11.5 Å². The van der Waals surface area contributed by atoms with Crippen LogP contribution in [0.2, 0.25) is 0 Å². The van der Waals surface area contributed by atoms with Crippen LogP contribution in [0.4, 0.5) is 0 Å². The summed E-state index contributed by atoms with van der Waals surface area (Å²) in [6.07, 6.45) is 1.89. The predicted molar refractivity (Wildman–Crippen MR) is 83.4 cm³/mol. The summed E-state index contributed by atoms with van der Waals surface area (Å²) in [5.41, 5.74) is 1.09. The second-order valence-corrected chi connectivity index (χ2v) is 5.31. The third-order valence-corrected chi connectivity index (χ3v) is 3.78. The number of alkyl halides is 1. The fourth-order valence-corrected chi connectivity index (χ4v) is 2.43. The molecule has 2 rings (SSSR count). The van der Waals surface area contributed by atoms with E-state index in [9.17, 15) is 0 Å². The van der Waals surface area contributed by atoms with Crippen LogP contribution in [-0.2, 0) is 5.88 Å². The van der Waals surface area contributed by atoms with E-state index in [-0.39, 0.29) is 0 Å². The molecule has 98 valence electrons. The maximum absolute atomic E-state index is 5.82. The lowest BCUT2D eigenvalue weighted by atomic mass is 10.2. The van der Waals surface area contributed by atoms with E-state index in [1.807, 2.05) is 48.5 Å². The van der Waals surface area contributed by atoms with Crippen LogP contribution < -0.4 is 4.74 Å². The molecule has 0 unspecified atom stereocenters. The van der Waals surface area contributed by atoms with Crippen molar-refractivity contribution in [1.82, 2.24) is 0 Å². The summed E-state index contributed by atoms with van der Waals surface area (Å²) in [5, 5.41) is 0. The van der Waals surface area contributed by atoms with Gasteiger partial charge < -0.3 is 4.74 Å². The number of halogens is 1. The van der Waals surface area contributed by atoms with Crippen molar-refractivity contribution in [3.05, 3.63) is 66.7 Å². The first-order chi connectivity index (χ1) is 9.31. The van der Waals surface area contributed by atoms with Gasteiger partial charge in [0.15, 0.2) is 0 Å². The van der Waals surface area contributed by atoms with Gasteiger partial charge in [0.1, 0.15) is 11.5 Å². The molecule has 2 aromatic carbocycles. The highest BCUT2D eigenvalue weighted by atomic mass is 35.5. The van der Waals surface area contributed by atoms with Crippen molar-refractivity contribution in [2.45, 2.75) is 10.8 Å². The first-order valence-electron chi connectivity index (χ1n) is 5.98. The van der Waals surface area contributed by atoms with E-state index in [1.165, 1.54) is 4.90 Å². The first-order valence-corrected chi connectivity index (χ1v) is 7.50. The summed E-state index contributed by atoms with van der Waals surface area (Å²) in [7, 11) is 0. The zero-order chi connectivity index (χ0) is 13.5. The van der Waals surface area contributed by atoms with E-state index in [2.05, 4.69) is 12.6 Å². The van der Waals surface area contributed by atoms with Gasteiger partial charge in [-0.3, -0.25) is 0 Å². The van der Waals surface area contributed by atoms with Crippen LogP contribution in [0.1, 0.15) is 5.56 Å². The maximum Gasteiger partial charge on any atom is 0.128 e. The van der Waals surface area contributed by atoms with Gasteiger partial charge in [-0.05, 0) is 35.9 Å². The van der Waals surface area contributed by atoms with Crippen molar-refractivity contribution in [1.29, 1.82) is 0 Å². The molecule has 0 heterocycles. The van der Waals surface area contributed by atoms with Crippen molar-refractivity contribution in [2.75, 3.05) is 5.75 Å². The molecule has 0 aliphatic heterocycles. The zero-order valence-electron chi connectivity index (χ0n) is 10.5. The molecular formula is C16H15ClOS. The van der Waals surface area contributed by atoms with Gasteiger partial charge in [0.2, 0.25) is 0 Å². The Bertz CT molecular complexity index is 537. The van der Waals surface area contributed by atoms with Gasteiger partial charge in [-0.15, -0.1) is 29.9 Å². The highest BCUT2D eigenvalue weighted by Crippen LogP contribution is 2.27. The summed E-state index contributed by atoms with van der Waals surface area (Å²) >= 11 is 7.49. The molecule has 1 nitrogen and oxygen atoms in total. The van der Waals surface area contributed by atoms with Crippen molar-refractivity contribution in [2.24, 2.45) is 0 Å². The van der Waals surface area contributed by atoms with E-state index >= 15 is 0 Å². The lowest BCUT2D eigenvalue weighted by Crippen LogP contribution is -1.85. The Hall–Kier alpha value is -1.38. The third-order valence-electron chi connectivity index (χ3n) is 2.49. The Morgan fingerprint density at radius 3 is 2.58 bits per heavy atom. The Morgan fingerprint density at radius 2 is 1.89 bits per heavy atom. The molecule has 0 aliphatic rings. The van der Waals surface area contributed by atoms with Gasteiger partial charge >= 0.3 is 0 Å². The van der Waals surface area contributed by atoms with Crippen molar-refractivity contribution in [3.63, 3.8) is 0 Å². The SMILES string of the molecule is C=CCSc1cccc(Oc2ccc(CCl)cc2)c1. The lowest BCUT2D eigenvalue weighted by Gasteiger charge is -2.07. The Labute approximate surface area is 123 Å². The molecule has 0 bridgehead atoms. The van der Waals surface area contributed by atoms with Crippen molar-refractivity contribution in [3.8, 4) is 11.5 Å². The average molecular weight is 291 g/mol. The Morgan fingerprint density at radius 1 is 1.11 bits per heavy atom. The quantitative estimate of drug-likeness (QED) is 0.395. The number of ether oxygens (including phenoxy) is 1.